The van der Waals surface area contributed by atoms with E-state index in [1.807, 2.05) is 0 Å². The molecule has 15 heavy (non-hydrogen) atoms. The summed E-state index contributed by atoms with van der Waals surface area (Å²) in [5.41, 5.74) is 0.0863. The Labute approximate surface area is 95.5 Å². The van der Waals surface area contributed by atoms with Crippen LogP contribution in [0.4, 0.5) is 0 Å². The lowest BCUT2D eigenvalue weighted by molar-refractivity contribution is 0.147. The van der Waals surface area contributed by atoms with E-state index in [1.165, 1.54) is 6.42 Å². The molecule has 2 N–H and O–H groups in total. The summed E-state index contributed by atoms with van der Waals surface area (Å²) in [7, 11) is 0. The quantitative estimate of drug-likeness (QED) is 0.610. The molecule has 0 aliphatic carbocycles. The number of rotatable bonds is 8. The Balaban J connectivity index is 3.46. The molecule has 2 nitrogen and oxygen atoms in total. The van der Waals surface area contributed by atoms with Gasteiger partial charge in [-0.2, -0.15) is 0 Å². The minimum atomic E-state index is 0.0863. The Morgan fingerprint density at radius 1 is 1.20 bits per heavy atom. The van der Waals surface area contributed by atoms with Gasteiger partial charge in [-0.1, -0.05) is 27.7 Å². The average molecular weight is 215 g/mol. The summed E-state index contributed by atoms with van der Waals surface area (Å²) in [5, 5.41) is 12.6. The molecule has 0 radical (unpaired) electrons. The maximum absolute atomic E-state index is 9.10. The highest BCUT2D eigenvalue weighted by Gasteiger charge is 2.15. The van der Waals surface area contributed by atoms with Crippen molar-refractivity contribution in [1.29, 1.82) is 0 Å². The van der Waals surface area contributed by atoms with E-state index in [0.717, 1.165) is 25.3 Å². The lowest BCUT2D eigenvalue weighted by Gasteiger charge is -2.22. The van der Waals surface area contributed by atoms with Gasteiger partial charge >= 0.3 is 0 Å². The molecule has 0 saturated carbocycles. The third-order valence-corrected chi connectivity index (χ3v) is 2.78. The first-order valence-electron chi connectivity index (χ1n) is 6.21. The maximum atomic E-state index is 9.10. The molecule has 0 aromatic rings. The summed E-state index contributed by atoms with van der Waals surface area (Å²) < 4.78 is 0. The third-order valence-electron chi connectivity index (χ3n) is 2.78. The zero-order chi connectivity index (χ0) is 11.9. The zero-order valence-electron chi connectivity index (χ0n) is 11.1. The molecule has 0 heterocycles. The summed E-state index contributed by atoms with van der Waals surface area (Å²) in [6.45, 7) is 12.3. The van der Waals surface area contributed by atoms with Crippen LogP contribution in [0.25, 0.3) is 0 Å². The third kappa shape index (κ3) is 8.88. The molecule has 0 rings (SSSR count). The Kier molecular flexibility index (Phi) is 7.20. The monoisotopic (exact) mass is 215 g/mol. The van der Waals surface area contributed by atoms with Crippen molar-refractivity contribution >= 4 is 0 Å². The molecule has 0 aliphatic rings. The number of hydrogen-bond donors (Lipinski definition) is 2. The predicted octanol–water partition coefficient (Wildman–Crippen LogP) is 2.81. The minimum Gasteiger partial charge on any atom is -0.396 e. The zero-order valence-corrected chi connectivity index (χ0v) is 11.1. The SMILES string of the molecule is CC(C)CC(C)NCCCC(C)(C)CO. The van der Waals surface area contributed by atoms with Crippen molar-refractivity contribution in [2.24, 2.45) is 11.3 Å². The molecular weight excluding hydrogens is 186 g/mol. The smallest absolute Gasteiger partial charge is 0.0482 e. The van der Waals surface area contributed by atoms with E-state index >= 15 is 0 Å². The molecule has 1 atom stereocenters. The Hall–Kier alpha value is -0.0800. The van der Waals surface area contributed by atoms with Crippen molar-refractivity contribution in [2.75, 3.05) is 13.2 Å². The van der Waals surface area contributed by atoms with Crippen LogP contribution in [-0.4, -0.2) is 24.3 Å². The van der Waals surface area contributed by atoms with Gasteiger partial charge in [0.25, 0.3) is 0 Å². The molecule has 0 aromatic carbocycles. The fraction of sp³-hybridized carbons (Fsp3) is 1.00. The number of aliphatic hydroxyl groups is 1. The number of nitrogens with one attached hydrogen (secondary N) is 1. The topological polar surface area (TPSA) is 32.3 Å². The van der Waals surface area contributed by atoms with Crippen molar-refractivity contribution in [3.63, 3.8) is 0 Å². The average Bonchev–Trinajstić information content (AvgIpc) is 2.11. The molecule has 1 unspecified atom stereocenters. The molecule has 0 spiro atoms. The molecule has 0 aromatic heterocycles. The van der Waals surface area contributed by atoms with Gasteiger partial charge in [-0.15, -0.1) is 0 Å². The summed E-state index contributed by atoms with van der Waals surface area (Å²) in [6, 6.07) is 0.613. The first-order valence-corrected chi connectivity index (χ1v) is 6.21. The molecular formula is C13H29NO. The van der Waals surface area contributed by atoms with Crippen molar-refractivity contribution in [1.82, 2.24) is 5.32 Å². The van der Waals surface area contributed by atoms with Gasteiger partial charge in [0.1, 0.15) is 0 Å². The van der Waals surface area contributed by atoms with Crippen LogP contribution in [0.1, 0.15) is 53.9 Å². The summed E-state index contributed by atoms with van der Waals surface area (Å²) in [5.74, 6) is 0.765. The van der Waals surface area contributed by atoms with E-state index in [9.17, 15) is 0 Å². The van der Waals surface area contributed by atoms with Gasteiger partial charge < -0.3 is 10.4 Å². The summed E-state index contributed by atoms with van der Waals surface area (Å²) in [4.78, 5) is 0. The molecule has 0 bridgehead atoms. The first kappa shape index (κ1) is 14.9. The van der Waals surface area contributed by atoms with E-state index in [0.29, 0.717) is 6.04 Å². The van der Waals surface area contributed by atoms with Crippen molar-refractivity contribution < 1.29 is 5.11 Å². The molecule has 92 valence electrons. The molecule has 2 heteroatoms. The fourth-order valence-corrected chi connectivity index (χ4v) is 1.78. The Morgan fingerprint density at radius 3 is 2.27 bits per heavy atom. The van der Waals surface area contributed by atoms with E-state index in [-0.39, 0.29) is 12.0 Å². The van der Waals surface area contributed by atoms with Crippen LogP contribution in [-0.2, 0) is 0 Å². The first-order chi connectivity index (χ1) is 6.87. The standard InChI is InChI=1S/C13H29NO/c1-11(2)9-12(3)14-8-6-7-13(4,5)10-15/h11-12,14-15H,6-10H2,1-5H3. The fourth-order valence-electron chi connectivity index (χ4n) is 1.78. The van der Waals surface area contributed by atoms with Gasteiger partial charge in [-0.05, 0) is 44.1 Å². The van der Waals surface area contributed by atoms with Gasteiger partial charge in [-0.25, -0.2) is 0 Å². The second-order valence-corrected chi connectivity index (χ2v) is 5.91. The second kappa shape index (κ2) is 7.24. The number of aliphatic hydroxyl groups excluding tert-OH is 1. The van der Waals surface area contributed by atoms with Crippen molar-refractivity contribution in [2.45, 2.75) is 59.9 Å². The van der Waals surface area contributed by atoms with E-state index < -0.39 is 0 Å². The van der Waals surface area contributed by atoms with Crippen LogP contribution in [0.5, 0.6) is 0 Å². The molecule has 0 amide bonds. The largest absolute Gasteiger partial charge is 0.396 e. The molecule has 0 saturated heterocycles. The van der Waals surface area contributed by atoms with Crippen LogP contribution < -0.4 is 5.32 Å². The predicted molar refractivity (Wildman–Crippen MR) is 67.0 cm³/mol. The van der Waals surface area contributed by atoms with E-state index in [4.69, 9.17) is 5.11 Å². The van der Waals surface area contributed by atoms with Gasteiger partial charge in [-0.3, -0.25) is 0 Å². The van der Waals surface area contributed by atoms with Crippen LogP contribution in [0, 0.1) is 11.3 Å². The Bertz CT molecular complexity index is 155. The van der Waals surface area contributed by atoms with Crippen LogP contribution in [0.3, 0.4) is 0 Å². The van der Waals surface area contributed by atoms with Gasteiger partial charge in [0.2, 0.25) is 0 Å². The van der Waals surface area contributed by atoms with Gasteiger partial charge in [0.05, 0.1) is 0 Å². The van der Waals surface area contributed by atoms with Crippen LogP contribution >= 0.6 is 0 Å². The lowest BCUT2D eigenvalue weighted by atomic mass is 9.89. The highest BCUT2D eigenvalue weighted by molar-refractivity contribution is 4.69. The van der Waals surface area contributed by atoms with Crippen LogP contribution in [0.2, 0.25) is 0 Å². The normalized spacial score (nSPS) is 14.6. The maximum Gasteiger partial charge on any atom is 0.0482 e. The van der Waals surface area contributed by atoms with E-state index in [2.05, 4.69) is 39.9 Å². The Morgan fingerprint density at radius 2 is 1.80 bits per heavy atom. The van der Waals surface area contributed by atoms with Gasteiger partial charge in [0, 0.05) is 12.6 Å². The van der Waals surface area contributed by atoms with Crippen LogP contribution in [0.15, 0.2) is 0 Å². The second-order valence-electron chi connectivity index (χ2n) is 5.91. The minimum absolute atomic E-state index is 0.0863. The number of hydrogen-bond acceptors (Lipinski definition) is 2. The highest BCUT2D eigenvalue weighted by atomic mass is 16.3. The summed E-state index contributed by atoms with van der Waals surface area (Å²) in [6.07, 6.45) is 3.48. The molecule has 0 aliphatic heterocycles. The van der Waals surface area contributed by atoms with E-state index in [1.54, 1.807) is 0 Å². The van der Waals surface area contributed by atoms with Crippen molar-refractivity contribution in [3.8, 4) is 0 Å². The van der Waals surface area contributed by atoms with Gasteiger partial charge in [0.15, 0.2) is 0 Å². The highest BCUT2D eigenvalue weighted by Crippen LogP contribution is 2.20. The summed E-state index contributed by atoms with van der Waals surface area (Å²) >= 11 is 0. The lowest BCUT2D eigenvalue weighted by Crippen LogP contribution is -2.29. The van der Waals surface area contributed by atoms with Crippen molar-refractivity contribution in [3.05, 3.63) is 0 Å². The molecule has 0 fully saturated rings.